The quantitative estimate of drug-likeness (QED) is 0.580. The summed E-state index contributed by atoms with van der Waals surface area (Å²) in [6, 6.07) is 0. The number of nitrogens with zero attached hydrogens (tertiary/aromatic N) is 1. The summed E-state index contributed by atoms with van der Waals surface area (Å²) in [6.45, 7) is 4.68. The molecule has 1 rings (SSSR count). The van der Waals surface area contributed by atoms with Gasteiger partial charge in [-0.1, -0.05) is 6.92 Å². The highest BCUT2D eigenvalue weighted by Crippen LogP contribution is 2.18. The zero-order valence-corrected chi connectivity index (χ0v) is 7.82. The zero-order chi connectivity index (χ0) is 8.97. The molecule has 3 heteroatoms. The van der Waals surface area contributed by atoms with Gasteiger partial charge in [-0.3, -0.25) is 4.90 Å². The lowest BCUT2D eigenvalue weighted by molar-refractivity contribution is -0.110. The van der Waals surface area contributed by atoms with E-state index in [0.717, 1.165) is 25.8 Å². The molecule has 0 bridgehead atoms. The van der Waals surface area contributed by atoms with E-state index in [4.69, 9.17) is 4.74 Å². The number of methoxy groups -OCH3 is 1. The molecule has 0 spiro atoms. The van der Waals surface area contributed by atoms with Crippen LogP contribution in [-0.4, -0.2) is 44.0 Å². The van der Waals surface area contributed by atoms with Crippen molar-refractivity contribution in [3.63, 3.8) is 0 Å². The van der Waals surface area contributed by atoms with Crippen molar-refractivity contribution in [1.29, 1.82) is 0 Å². The molecule has 0 saturated carbocycles. The third-order valence-electron chi connectivity index (χ3n) is 2.61. The van der Waals surface area contributed by atoms with Crippen molar-refractivity contribution in [2.75, 3.05) is 26.7 Å². The lowest BCUT2D eigenvalue weighted by Gasteiger charge is -2.35. The van der Waals surface area contributed by atoms with Crippen molar-refractivity contribution >= 4 is 6.29 Å². The maximum absolute atomic E-state index is 10.3. The lowest BCUT2D eigenvalue weighted by atomic mass is 9.96. The fourth-order valence-electron chi connectivity index (χ4n) is 1.68. The van der Waals surface area contributed by atoms with Gasteiger partial charge in [0.05, 0.1) is 12.6 Å². The minimum atomic E-state index is 0.304. The topological polar surface area (TPSA) is 29.5 Å². The Hall–Kier alpha value is -0.410. The minimum absolute atomic E-state index is 0.304. The van der Waals surface area contributed by atoms with Gasteiger partial charge in [-0.05, 0) is 18.9 Å². The van der Waals surface area contributed by atoms with Crippen LogP contribution >= 0.6 is 0 Å². The predicted molar refractivity (Wildman–Crippen MR) is 47.1 cm³/mol. The van der Waals surface area contributed by atoms with Crippen LogP contribution in [0, 0.1) is 5.92 Å². The number of hydrogen-bond acceptors (Lipinski definition) is 3. The number of ether oxygens (including phenoxy) is 1. The summed E-state index contributed by atoms with van der Waals surface area (Å²) >= 11 is 0. The average molecular weight is 171 g/mol. The van der Waals surface area contributed by atoms with Crippen LogP contribution in [0.4, 0.5) is 0 Å². The fourth-order valence-corrected chi connectivity index (χ4v) is 1.68. The van der Waals surface area contributed by atoms with E-state index in [0.29, 0.717) is 18.6 Å². The van der Waals surface area contributed by atoms with Gasteiger partial charge in [0, 0.05) is 13.7 Å². The molecular formula is C9H17NO2. The molecule has 3 nitrogen and oxygen atoms in total. The Morgan fingerprint density at radius 3 is 3.00 bits per heavy atom. The third-order valence-corrected chi connectivity index (χ3v) is 2.61. The van der Waals surface area contributed by atoms with Gasteiger partial charge in [-0.2, -0.15) is 0 Å². The van der Waals surface area contributed by atoms with Gasteiger partial charge in [-0.15, -0.1) is 0 Å². The molecule has 0 aromatic carbocycles. The van der Waals surface area contributed by atoms with Crippen molar-refractivity contribution in [1.82, 2.24) is 4.90 Å². The molecule has 1 aliphatic rings. The van der Waals surface area contributed by atoms with Gasteiger partial charge in [0.25, 0.3) is 0 Å². The summed E-state index contributed by atoms with van der Waals surface area (Å²) in [5.41, 5.74) is 0. The molecule has 0 amide bonds. The number of carbonyl (C=O) groups is 1. The molecule has 0 aliphatic carbocycles. The molecule has 0 aromatic heterocycles. The first kappa shape index (κ1) is 9.68. The van der Waals surface area contributed by atoms with Gasteiger partial charge >= 0.3 is 0 Å². The number of aldehydes is 1. The number of hydrogen-bond donors (Lipinski definition) is 0. The molecule has 1 heterocycles. The molecule has 2 atom stereocenters. The Morgan fingerprint density at radius 2 is 2.42 bits per heavy atom. The van der Waals surface area contributed by atoms with Crippen molar-refractivity contribution < 1.29 is 9.53 Å². The van der Waals surface area contributed by atoms with Gasteiger partial charge in [0.1, 0.15) is 6.29 Å². The molecule has 1 aliphatic heterocycles. The van der Waals surface area contributed by atoms with Crippen LogP contribution in [0.5, 0.6) is 0 Å². The van der Waals surface area contributed by atoms with E-state index >= 15 is 0 Å². The minimum Gasteiger partial charge on any atom is -0.380 e. The Morgan fingerprint density at radius 1 is 1.67 bits per heavy atom. The fraction of sp³-hybridized carbons (Fsp3) is 0.889. The Kier molecular flexibility index (Phi) is 3.69. The summed E-state index contributed by atoms with van der Waals surface area (Å²) in [7, 11) is 1.74. The van der Waals surface area contributed by atoms with Crippen LogP contribution in [0.25, 0.3) is 0 Å². The first-order valence-electron chi connectivity index (χ1n) is 4.46. The van der Waals surface area contributed by atoms with Gasteiger partial charge in [-0.25, -0.2) is 0 Å². The van der Waals surface area contributed by atoms with E-state index in [9.17, 15) is 4.79 Å². The van der Waals surface area contributed by atoms with E-state index in [1.807, 2.05) is 0 Å². The Labute approximate surface area is 73.7 Å². The SMILES string of the molecule is COC1CN(CC=O)CCC1C. The second-order valence-corrected chi connectivity index (χ2v) is 3.47. The zero-order valence-electron chi connectivity index (χ0n) is 7.82. The largest absolute Gasteiger partial charge is 0.380 e. The Balaban J connectivity index is 2.38. The maximum Gasteiger partial charge on any atom is 0.133 e. The summed E-state index contributed by atoms with van der Waals surface area (Å²) in [5, 5.41) is 0. The summed E-state index contributed by atoms with van der Waals surface area (Å²) in [6.07, 6.45) is 2.40. The smallest absolute Gasteiger partial charge is 0.133 e. The van der Waals surface area contributed by atoms with Crippen molar-refractivity contribution in [3.05, 3.63) is 0 Å². The summed E-state index contributed by atoms with van der Waals surface area (Å²) in [5.74, 6) is 0.623. The molecule has 0 radical (unpaired) electrons. The van der Waals surface area contributed by atoms with Crippen molar-refractivity contribution in [2.24, 2.45) is 5.92 Å². The normalized spacial score (nSPS) is 31.8. The van der Waals surface area contributed by atoms with Gasteiger partial charge < -0.3 is 9.53 Å². The van der Waals surface area contributed by atoms with Gasteiger partial charge in [0.2, 0.25) is 0 Å². The number of carbonyl (C=O) groups excluding carboxylic acids is 1. The second kappa shape index (κ2) is 4.58. The van der Waals surface area contributed by atoms with Crippen LogP contribution in [0.3, 0.4) is 0 Å². The number of likely N-dealkylation sites (tertiary alicyclic amines) is 1. The molecule has 0 aromatic rings. The van der Waals surface area contributed by atoms with E-state index in [-0.39, 0.29) is 0 Å². The first-order valence-corrected chi connectivity index (χ1v) is 4.46. The predicted octanol–water partition coefficient (Wildman–Crippen LogP) is 0.542. The molecule has 2 unspecified atom stereocenters. The van der Waals surface area contributed by atoms with Crippen molar-refractivity contribution in [2.45, 2.75) is 19.4 Å². The second-order valence-electron chi connectivity index (χ2n) is 3.47. The summed E-state index contributed by atoms with van der Waals surface area (Å²) < 4.78 is 5.32. The van der Waals surface area contributed by atoms with Crippen LogP contribution in [0.2, 0.25) is 0 Å². The summed E-state index contributed by atoms with van der Waals surface area (Å²) in [4.78, 5) is 12.4. The third kappa shape index (κ3) is 2.29. The molecule has 12 heavy (non-hydrogen) atoms. The average Bonchev–Trinajstić information content (AvgIpc) is 2.09. The van der Waals surface area contributed by atoms with E-state index in [2.05, 4.69) is 11.8 Å². The van der Waals surface area contributed by atoms with E-state index < -0.39 is 0 Å². The standard InChI is InChI=1S/C9H17NO2/c1-8-3-4-10(5-6-11)7-9(8)12-2/h6,8-9H,3-5,7H2,1-2H3. The van der Waals surface area contributed by atoms with Crippen LogP contribution in [0.15, 0.2) is 0 Å². The number of piperidine rings is 1. The highest BCUT2D eigenvalue weighted by Gasteiger charge is 2.25. The van der Waals surface area contributed by atoms with Crippen LogP contribution in [-0.2, 0) is 9.53 Å². The van der Waals surface area contributed by atoms with E-state index in [1.54, 1.807) is 7.11 Å². The molecule has 0 N–H and O–H groups in total. The van der Waals surface area contributed by atoms with Gasteiger partial charge in [0.15, 0.2) is 0 Å². The Bertz CT molecular complexity index is 149. The van der Waals surface area contributed by atoms with Crippen molar-refractivity contribution in [3.8, 4) is 0 Å². The molecule has 1 fully saturated rings. The lowest BCUT2D eigenvalue weighted by Crippen LogP contribution is -2.44. The van der Waals surface area contributed by atoms with Crippen LogP contribution < -0.4 is 0 Å². The highest BCUT2D eigenvalue weighted by atomic mass is 16.5. The molecule has 1 saturated heterocycles. The van der Waals surface area contributed by atoms with E-state index in [1.165, 1.54) is 0 Å². The monoisotopic (exact) mass is 171 g/mol. The highest BCUT2D eigenvalue weighted by molar-refractivity contribution is 5.51. The molecular weight excluding hydrogens is 154 g/mol. The van der Waals surface area contributed by atoms with Crippen LogP contribution in [0.1, 0.15) is 13.3 Å². The maximum atomic E-state index is 10.3. The first-order chi connectivity index (χ1) is 5.77. The number of rotatable bonds is 3. The molecule has 70 valence electrons.